The number of halogens is 2. The molecule has 0 radical (unpaired) electrons. The van der Waals surface area contributed by atoms with Crippen LogP contribution in [-0.2, 0) is 6.61 Å². The Balaban J connectivity index is 1.92. The zero-order valence-electron chi connectivity index (χ0n) is 14.3. The number of rotatable bonds is 4. The van der Waals surface area contributed by atoms with E-state index in [1.165, 1.54) is 6.20 Å². The van der Waals surface area contributed by atoms with Gasteiger partial charge in [0.1, 0.15) is 6.61 Å². The van der Waals surface area contributed by atoms with Gasteiger partial charge in [0.25, 0.3) is 5.56 Å². The van der Waals surface area contributed by atoms with Crippen molar-refractivity contribution < 1.29 is 4.84 Å². The summed E-state index contributed by atoms with van der Waals surface area (Å²) in [5.74, 6) is 0.0224. The van der Waals surface area contributed by atoms with Gasteiger partial charge in [0, 0.05) is 35.1 Å². The van der Waals surface area contributed by atoms with Gasteiger partial charge in [-0.05, 0) is 24.3 Å². The van der Waals surface area contributed by atoms with Gasteiger partial charge in [-0.3, -0.25) is 9.78 Å². The molecule has 0 aliphatic rings. The Labute approximate surface area is 169 Å². The summed E-state index contributed by atoms with van der Waals surface area (Å²) in [6.45, 7) is 0.104. The van der Waals surface area contributed by atoms with E-state index >= 15 is 0 Å². The number of fused-ring (bicyclic) bond motifs is 1. The number of nitrogens with two attached hydrogens (primary N) is 1. The molecule has 2 N–H and O–H groups in total. The minimum atomic E-state index is -0.468. The van der Waals surface area contributed by atoms with E-state index in [0.717, 1.165) is 10.3 Å². The van der Waals surface area contributed by atoms with E-state index in [9.17, 15) is 4.79 Å². The summed E-state index contributed by atoms with van der Waals surface area (Å²) >= 11 is 12.6. The van der Waals surface area contributed by atoms with Crippen LogP contribution in [0.1, 0.15) is 5.56 Å². The molecule has 0 aliphatic carbocycles. The smallest absolute Gasteiger partial charge is 0.293 e. The standard InChI is InChI=1S/C19H13Cl2N5O2/c20-14-4-1-5-15(21)16(14)13-7-12-9-24-19(22)25-17(12)26(18(13)27)28-10-11-3-2-6-23-8-11/h1-9H,10H2,(H2,22,24,25). The van der Waals surface area contributed by atoms with E-state index in [1.54, 1.807) is 42.7 Å². The molecule has 0 atom stereocenters. The second kappa shape index (κ2) is 7.46. The summed E-state index contributed by atoms with van der Waals surface area (Å²) < 4.78 is 1.08. The predicted octanol–water partition coefficient (Wildman–Crippen LogP) is 3.37. The molecule has 4 aromatic rings. The first-order valence-electron chi connectivity index (χ1n) is 8.19. The van der Waals surface area contributed by atoms with Crippen molar-refractivity contribution in [2.75, 3.05) is 5.73 Å². The first-order valence-corrected chi connectivity index (χ1v) is 8.95. The number of nitrogen functional groups attached to an aromatic ring is 1. The van der Waals surface area contributed by atoms with Gasteiger partial charge in [-0.2, -0.15) is 4.98 Å². The van der Waals surface area contributed by atoms with Crippen molar-refractivity contribution >= 4 is 40.2 Å². The number of aromatic nitrogens is 4. The van der Waals surface area contributed by atoms with Gasteiger partial charge in [-0.25, -0.2) is 4.98 Å². The van der Waals surface area contributed by atoms with Crippen LogP contribution >= 0.6 is 23.2 Å². The van der Waals surface area contributed by atoms with Crippen LogP contribution in [0.15, 0.2) is 59.8 Å². The molecule has 3 aromatic heterocycles. The van der Waals surface area contributed by atoms with Crippen molar-refractivity contribution in [3.05, 3.63) is 81.0 Å². The molecule has 0 spiro atoms. The van der Waals surface area contributed by atoms with Crippen LogP contribution in [0, 0.1) is 0 Å². The lowest BCUT2D eigenvalue weighted by atomic mass is 10.1. The molecule has 3 heterocycles. The van der Waals surface area contributed by atoms with Gasteiger partial charge in [-0.1, -0.05) is 35.3 Å². The summed E-state index contributed by atoms with van der Waals surface area (Å²) in [5.41, 5.74) is 6.94. The lowest BCUT2D eigenvalue weighted by Gasteiger charge is -2.14. The van der Waals surface area contributed by atoms with Crippen LogP contribution < -0.4 is 16.1 Å². The molecule has 9 heteroatoms. The third-order valence-corrected chi connectivity index (χ3v) is 4.67. The number of benzene rings is 1. The summed E-state index contributed by atoms with van der Waals surface area (Å²) in [6, 6.07) is 10.3. The maximum Gasteiger partial charge on any atom is 0.293 e. The van der Waals surface area contributed by atoms with Crippen molar-refractivity contribution in [1.82, 2.24) is 19.7 Å². The highest BCUT2D eigenvalue weighted by atomic mass is 35.5. The van der Waals surface area contributed by atoms with Gasteiger partial charge in [0.2, 0.25) is 5.95 Å². The monoisotopic (exact) mass is 413 g/mol. The summed E-state index contributed by atoms with van der Waals surface area (Å²) in [5, 5.41) is 1.24. The molecule has 0 bridgehead atoms. The molecular formula is C19H13Cl2N5O2. The Bertz CT molecular complexity index is 1210. The second-order valence-electron chi connectivity index (χ2n) is 5.90. The Kier molecular flexibility index (Phi) is 4.85. The van der Waals surface area contributed by atoms with Gasteiger partial charge in [-0.15, -0.1) is 4.73 Å². The van der Waals surface area contributed by atoms with Crippen molar-refractivity contribution in [2.24, 2.45) is 0 Å². The normalized spacial score (nSPS) is 10.9. The third kappa shape index (κ3) is 3.37. The average molecular weight is 414 g/mol. The maximum atomic E-state index is 13.2. The molecule has 0 saturated carbocycles. The lowest BCUT2D eigenvalue weighted by Crippen LogP contribution is -2.29. The van der Waals surface area contributed by atoms with E-state index in [0.29, 0.717) is 21.0 Å². The molecule has 0 unspecified atom stereocenters. The highest BCUT2D eigenvalue weighted by Crippen LogP contribution is 2.33. The van der Waals surface area contributed by atoms with E-state index < -0.39 is 5.56 Å². The lowest BCUT2D eigenvalue weighted by molar-refractivity contribution is 0.0981. The quantitative estimate of drug-likeness (QED) is 0.550. The van der Waals surface area contributed by atoms with Crippen LogP contribution in [-0.4, -0.2) is 19.7 Å². The minimum absolute atomic E-state index is 0.0224. The summed E-state index contributed by atoms with van der Waals surface area (Å²) in [4.78, 5) is 31.2. The Morgan fingerprint density at radius 1 is 1.11 bits per heavy atom. The third-order valence-electron chi connectivity index (χ3n) is 4.04. The molecule has 0 amide bonds. The number of anilines is 1. The molecule has 4 rings (SSSR count). The summed E-state index contributed by atoms with van der Waals surface area (Å²) in [7, 11) is 0. The van der Waals surface area contributed by atoms with E-state index in [4.69, 9.17) is 33.8 Å². The molecule has 0 aliphatic heterocycles. The molecular weight excluding hydrogens is 401 g/mol. The highest BCUT2D eigenvalue weighted by Gasteiger charge is 2.18. The van der Waals surface area contributed by atoms with Crippen LogP contribution in [0.2, 0.25) is 10.0 Å². The minimum Gasteiger partial charge on any atom is -0.404 e. The Morgan fingerprint density at radius 3 is 2.61 bits per heavy atom. The van der Waals surface area contributed by atoms with Crippen LogP contribution in [0.5, 0.6) is 0 Å². The number of hydrogen-bond acceptors (Lipinski definition) is 6. The summed E-state index contributed by atoms with van der Waals surface area (Å²) in [6.07, 6.45) is 4.81. The molecule has 7 nitrogen and oxygen atoms in total. The molecule has 28 heavy (non-hydrogen) atoms. The predicted molar refractivity (Wildman–Crippen MR) is 108 cm³/mol. The van der Waals surface area contributed by atoms with Crippen LogP contribution in [0.25, 0.3) is 22.2 Å². The zero-order chi connectivity index (χ0) is 19.7. The second-order valence-corrected chi connectivity index (χ2v) is 6.71. The topological polar surface area (TPSA) is 95.9 Å². The SMILES string of the molecule is Nc1ncc2cc(-c3c(Cl)cccc3Cl)c(=O)n(OCc3cccnc3)c2n1. The highest BCUT2D eigenvalue weighted by molar-refractivity contribution is 6.39. The molecule has 1 aromatic carbocycles. The van der Waals surface area contributed by atoms with E-state index in [1.807, 2.05) is 6.07 Å². The van der Waals surface area contributed by atoms with E-state index in [-0.39, 0.29) is 23.8 Å². The van der Waals surface area contributed by atoms with Crippen molar-refractivity contribution in [2.45, 2.75) is 6.61 Å². The van der Waals surface area contributed by atoms with Gasteiger partial charge < -0.3 is 10.6 Å². The van der Waals surface area contributed by atoms with E-state index in [2.05, 4.69) is 15.0 Å². The van der Waals surface area contributed by atoms with Gasteiger partial charge >= 0.3 is 0 Å². The Hall–Kier alpha value is -3.16. The maximum absolute atomic E-state index is 13.2. The molecule has 0 saturated heterocycles. The Morgan fingerprint density at radius 2 is 1.89 bits per heavy atom. The average Bonchev–Trinajstić information content (AvgIpc) is 2.69. The zero-order valence-corrected chi connectivity index (χ0v) is 15.9. The van der Waals surface area contributed by atoms with Gasteiger partial charge in [0.05, 0.1) is 15.6 Å². The van der Waals surface area contributed by atoms with Gasteiger partial charge in [0.15, 0.2) is 5.65 Å². The van der Waals surface area contributed by atoms with Crippen LogP contribution in [0.4, 0.5) is 5.95 Å². The fraction of sp³-hybridized carbons (Fsp3) is 0.0526. The fourth-order valence-corrected chi connectivity index (χ4v) is 3.36. The number of pyridine rings is 2. The largest absolute Gasteiger partial charge is 0.404 e. The van der Waals surface area contributed by atoms with Crippen molar-refractivity contribution in [3.63, 3.8) is 0 Å². The molecule has 0 fully saturated rings. The first-order chi connectivity index (χ1) is 13.5. The van der Waals surface area contributed by atoms with Crippen molar-refractivity contribution in [3.8, 4) is 11.1 Å². The van der Waals surface area contributed by atoms with Crippen molar-refractivity contribution in [1.29, 1.82) is 0 Å². The number of nitrogens with zero attached hydrogens (tertiary/aromatic N) is 4. The fourth-order valence-electron chi connectivity index (χ4n) is 2.76. The first kappa shape index (κ1) is 18.2. The van der Waals surface area contributed by atoms with Crippen LogP contribution in [0.3, 0.4) is 0 Å². The molecule has 140 valence electrons. The number of hydrogen-bond donors (Lipinski definition) is 1.